The van der Waals surface area contributed by atoms with Crippen molar-refractivity contribution in [3.63, 3.8) is 0 Å². The molecule has 0 aliphatic heterocycles. The number of primary sulfonamides is 1. The summed E-state index contributed by atoms with van der Waals surface area (Å²) < 4.78 is 28.4. The molecule has 0 saturated carbocycles. The number of unbranched alkanes of at least 4 members (excludes halogenated alkanes) is 2. The molecule has 0 atom stereocenters. The lowest BCUT2D eigenvalue weighted by Gasteiger charge is -2.12. The van der Waals surface area contributed by atoms with Gasteiger partial charge in [-0.05, 0) is 43.5 Å². The van der Waals surface area contributed by atoms with Crippen molar-refractivity contribution < 1.29 is 13.2 Å². The number of hydrogen-bond acceptors (Lipinski definition) is 3. The predicted molar refractivity (Wildman–Crippen MR) is 72.3 cm³/mol. The molecule has 0 unspecified atom stereocenters. The van der Waals surface area contributed by atoms with Crippen molar-refractivity contribution in [2.45, 2.75) is 44.9 Å². The molecule has 0 bridgehead atoms. The smallest absolute Gasteiger partial charge is 0.238 e. The van der Waals surface area contributed by atoms with Gasteiger partial charge in [0.2, 0.25) is 10.0 Å². The Balaban J connectivity index is 2.87. The van der Waals surface area contributed by atoms with Crippen LogP contribution in [0.1, 0.15) is 37.3 Å². The molecule has 1 aromatic rings. The van der Waals surface area contributed by atoms with E-state index in [1.54, 1.807) is 19.1 Å². The Hall–Kier alpha value is -1.07. The molecular formula is C13H21NO3S. The Morgan fingerprint density at radius 1 is 1.17 bits per heavy atom. The number of rotatable bonds is 6. The summed E-state index contributed by atoms with van der Waals surface area (Å²) in [5, 5.41) is 5.15. The summed E-state index contributed by atoms with van der Waals surface area (Å²) in [4.78, 5) is 0.168. The maximum absolute atomic E-state index is 11.4. The van der Waals surface area contributed by atoms with Crippen molar-refractivity contribution in [2.24, 2.45) is 5.14 Å². The molecule has 0 radical (unpaired) electrons. The van der Waals surface area contributed by atoms with Crippen LogP contribution in [-0.4, -0.2) is 15.0 Å². The first-order chi connectivity index (χ1) is 8.36. The van der Waals surface area contributed by atoms with Crippen LogP contribution in [0.25, 0.3) is 0 Å². The van der Waals surface area contributed by atoms with Crippen molar-refractivity contribution in [2.75, 3.05) is 6.61 Å². The molecule has 2 N–H and O–H groups in total. The van der Waals surface area contributed by atoms with Crippen LogP contribution in [0.3, 0.4) is 0 Å². The number of ether oxygens (including phenoxy) is 1. The second kappa shape index (κ2) is 6.20. The van der Waals surface area contributed by atoms with E-state index in [0.717, 1.165) is 30.6 Å². The highest BCUT2D eigenvalue weighted by molar-refractivity contribution is 7.89. The van der Waals surface area contributed by atoms with E-state index in [1.165, 1.54) is 0 Å². The van der Waals surface area contributed by atoms with Crippen LogP contribution in [0.15, 0.2) is 17.0 Å². The van der Waals surface area contributed by atoms with Gasteiger partial charge in [-0.15, -0.1) is 0 Å². The number of sulfonamides is 1. The number of nitrogens with two attached hydrogens (primary N) is 1. The van der Waals surface area contributed by atoms with Crippen LogP contribution >= 0.6 is 0 Å². The van der Waals surface area contributed by atoms with Crippen LogP contribution in [0.2, 0.25) is 0 Å². The Kier molecular flexibility index (Phi) is 5.16. The van der Waals surface area contributed by atoms with E-state index in [0.29, 0.717) is 12.2 Å². The van der Waals surface area contributed by atoms with Gasteiger partial charge in [-0.2, -0.15) is 0 Å². The van der Waals surface area contributed by atoms with E-state index >= 15 is 0 Å². The Morgan fingerprint density at radius 3 is 2.39 bits per heavy atom. The molecule has 0 aliphatic carbocycles. The summed E-state index contributed by atoms with van der Waals surface area (Å²) in [6.45, 7) is 6.33. The summed E-state index contributed by atoms with van der Waals surface area (Å²) in [7, 11) is -3.66. The standard InChI is InChI=1S/C13H21NO3S/c1-4-5-6-7-17-12-8-11(3)13(9-10(12)2)18(14,15)16/h8-9H,4-7H2,1-3H3,(H2,14,15,16). The predicted octanol–water partition coefficient (Wildman–Crippen LogP) is 2.52. The molecule has 1 aromatic carbocycles. The summed E-state index contributed by atoms with van der Waals surface area (Å²) in [6, 6.07) is 3.31. The van der Waals surface area contributed by atoms with E-state index < -0.39 is 10.0 Å². The normalized spacial score (nSPS) is 11.6. The first-order valence-corrected chi connectivity index (χ1v) is 7.67. The second-order valence-electron chi connectivity index (χ2n) is 4.48. The third-order valence-corrected chi connectivity index (χ3v) is 3.84. The molecular weight excluding hydrogens is 250 g/mol. The van der Waals surface area contributed by atoms with Crippen LogP contribution in [0, 0.1) is 13.8 Å². The van der Waals surface area contributed by atoms with Crippen molar-refractivity contribution in [1.82, 2.24) is 0 Å². The zero-order valence-electron chi connectivity index (χ0n) is 11.2. The molecule has 0 aromatic heterocycles. The zero-order chi connectivity index (χ0) is 13.8. The lowest BCUT2D eigenvalue weighted by molar-refractivity contribution is 0.304. The van der Waals surface area contributed by atoms with E-state index in [2.05, 4.69) is 6.92 Å². The van der Waals surface area contributed by atoms with Crippen LogP contribution in [0.5, 0.6) is 5.75 Å². The fraction of sp³-hybridized carbons (Fsp3) is 0.538. The van der Waals surface area contributed by atoms with Gasteiger partial charge in [0.25, 0.3) is 0 Å². The minimum Gasteiger partial charge on any atom is -0.493 e. The van der Waals surface area contributed by atoms with Gasteiger partial charge in [0, 0.05) is 0 Å². The molecule has 0 heterocycles. The minimum absolute atomic E-state index is 0.168. The van der Waals surface area contributed by atoms with Crippen LogP contribution in [-0.2, 0) is 10.0 Å². The Morgan fingerprint density at radius 2 is 1.83 bits per heavy atom. The van der Waals surface area contributed by atoms with E-state index in [-0.39, 0.29) is 4.90 Å². The van der Waals surface area contributed by atoms with Crippen molar-refractivity contribution in [1.29, 1.82) is 0 Å². The first kappa shape index (κ1) is 15.0. The lowest BCUT2D eigenvalue weighted by Crippen LogP contribution is -2.14. The quantitative estimate of drug-likeness (QED) is 0.808. The summed E-state index contributed by atoms with van der Waals surface area (Å²) >= 11 is 0. The average Bonchev–Trinajstić information content (AvgIpc) is 2.27. The van der Waals surface area contributed by atoms with Gasteiger partial charge in [0.1, 0.15) is 5.75 Å². The molecule has 18 heavy (non-hydrogen) atoms. The van der Waals surface area contributed by atoms with Gasteiger partial charge >= 0.3 is 0 Å². The summed E-state index contributed by atoms with van der Waals surface area (Å²) in [5.41, 5.74) is 1.41. The van der Waals surface area contributed by atoms with Gasteiger partial charge in [-0.1, -0.05) is 19.8 Å². The number of aryl methyl sites for hydroxylation is 2. The highest BCUT2D eigenvalue weighted by Gasteiger charge is 2.14. The van der Waals surface area contributed by atoms with Crippen LogP contribution < -0.4 is 9.88 Å². The first-order valence-electron chi connectivity index (χ1n) is 6.13. The van der Waals surface area contributed by atoms with Crippen molar-refractivity contribution in [3.8, 4) is 5.75 Å². The molecule has 4 nitrogen and oxygen atoms in total. The molecule has 0 spiro atoms. The monoisotopic (exact) mass is 271 g/mol. The van der Waals surface area contributed by atoms with Gasteiger partial charge < -0.3 is 4.74 Å². The van der Waals surface area contributed by atoms with Gasteiger partial charge in [-0.25, -0.2) is 13.6 Å². The maximum Gasteiger partial charge on any atom is 0.238 e. The SMILES string of the molecule is CCCCCOc1cc(C)c(S(N)(=O)=O)cc1C. The molecule has 102 valence electrons. The topological polar surface area (TPSA) is 69.4 Å². The highest BCUT2D eigenvalue weighted by atomic mass is 32.2. The molecule has 5 heteroatoms. The fourth-order valence-electron chi connectivity index (χ4n) is 1.76. The van der Waals surface area contributed by atoms with E-state index in [4.69, 9.17) is 9.88 Å². The highest BCUT2D eigenvalue weighted by Crippen LogP contribution is 2.25. The largest absolute Gasteiger partial charge is 0.493 e. The minimum atomic E-state index is -3.66. The fourth-order valence-corrected chi connectivity index (χ4v) is 2.61. The maximum atomic E-state index is 11.4. The molecule has 0 amide bonds. The van der Waals surface area contributed by atoms with Gasteiger partial charge in [0.05, 0.1) is 11.5 Å². The van der Waals surface area contributed by atoms with Crippen molar-refractivity contribution in [3.05, 3.63) is 23.3 Å². The summed E-state index contributed by atoms with van der Waals surface area (Å²) in [5.74, 6) is 0.732. The third kappa shape index (κ3) is 3.99. The van der Waals surface area contributed by atoms with E-state index in [9.17, 15) is 8.42 Å². The van der Waals surface area contributed by atoms with E-state index in [1.807, 2.05) is 6.92 Å². The summed E-state index contributed by atoms with van der Waals surface area (Å²) in [6.07, 6.45) is 3.28. The number of hydrogen-bond donors (Lipinski definition) is 1. The molecule has 0 aliphatic rings. The second-order valence-corrected chi connectivity index (χ2v) is 6.01. The number of benzene rings is 1. The Labute approximate surface area is 109 Å². The molecule has 0 saturated heterocycles. The lowest BCUT2D eigenvalue weighted by atomic mass is 10.1. The average molecular weight is 271 g/mol. The van der Waals surface area contributed by atoms with Crippen LogP contribution in [0.4, 0.5) is 0 Å². The molecule has 1 rings (SSSR count). The van der Waals surface area contributed by atoms with Crippen molar-refractivity contribution >= 4 is 10.0 Å². The Bertz CT molecular complexity index is 509. The third-order valence-electron chi connectivity index (χ3n) is 2.78. The van der Waals surface area contributed by atoms with Gasteiger partial charge in [0.15, 0.2) is 0 Å². The zero-order valence-corrected chi connectivity index (χ0v) is 12.0. The van der Waals surface area contributed by atoms with Gasteiger partial charge in [-0.3, -0.25) is 0 Å². The molecule has 0 fully saturated rings.